The number of carbonyl (C=O) groups excluding carboxylic acids is 2. The van der Waals surface area contributed by atoms with Crippen LogP contribution in [0.3, 0.4) is 0 Å². The number of amides is 3. The number of rotatable bonds is 6. The predicted molar refractivity (Wildman–Crippen MR) is 106 cm³/mol. The van der Waals surface area contributed by atoms with Gasteiger partial charge in [-0.2, -0.15) is 0 Å². The fourth-order valence-corrected chi connectivity index (χ4v) is 3.18. The molecule has 1 aromatic heterocycles. The lowest BCUT2D eigenvalue weighted by Gasteiger charge is -2.10. The van der Waals surface area contributed by atoms with E-state index >= 15 is 0 Å². The third-order valence-corrected chi connectivity index (χ3v) is 4.90. The van der Waals surface area contributed by atoms with E-state index in [1.807, 2.05) is 30.3 Å². The smallest absolute Gasteiger partial charge is 0.321 e. The van der Waals surface area contributed by atoms with Crippen LogP contribution in [-0.4, -0.2) is 27.2 Å². The van der Waals surface area contributed by atoms with Crippen LogP contribution in [0, 0.1) is 5.82 Å². The summed E-state index contributed by atoms with van der Waals surface area (Å²) in [6, 6.07) is 14.9. The lowest BCUT2D eigenvalue weighted by Crippen LogP contribution is -2.42. The second-order valence-corrected chi connectivity index (χ2v) is 7.36. The molecule has 0 fully saturated rings. The van der Waals surface area contributed by atoms with Crippen LogP contribution < -0.4 is 10.6 Å². The number of aromatic amines is 1. The van der Waals surface area contributed by atoms with Crippen LogP contribution in [0.2, 0.25) is 0 Å². The zero-order valence-electron chi connectivity index (χ0n) is 15.1. The summed E-state index contributed by atoms with van der Waals surface area (Å²) in [5.74, 6) is -0.732. The van der Waals surface area contributed by atoms with Crippen LogP contribution in [0.25, 0.3) is 11.3 Å². The number of benzene rings is 2. The fourth-order valence-electron chi connectivity index (χ4n) is 2.40. The van der Waals surface area contributed by atoms with Crippen LogP contribution in [0.4, 0.5) is 9.18 Å². The predicted octanol–water partition coefficient (Wildman–Crippen LogP) is 3.72. The second-order valence-electron chi connectivity index (χ2n) is 6.03. The Hall–Kier alpha value is -3.13. The molecule has 0 saturated carbocycles. The van der Waals surface area contributed by atoms with Gasteiger partial charge < -0.3 is 10.3 Å². The molecule has 3 N–H and O–H groups in total. The third-order valence-electron chi connectivity index (χ3n) is 3.90. The van der Waals surface area contributed by atoms with E-state index in [0.717, 1.165) is 16.8 Å². The summed E-state index contributed by atoms with van der Waals surface area (Å²) in [7, 11) is 0. The van der Waals surface area contributed by atoms with Gasteiger partial charge in [0.1, 0.15) is 5.82 Å². The zero-order valence-corrected chi connectivity index (χ0v) is 15.9. The molecule has 3 rings (SSSR count). The highest BCUT2D eigenvalue weighted by Gasteiger charge is 2.18. The van der Waals surface area contributed by atoms with Crippen LogP contribution in [0.15, 0.2) is 66.0 Å². The van der Waals surface area contributed by atoms with Crippen molar-refractivity contribution in [3.05, 3.63) is 72.2 Å². The molecule has 28 heavy (non-hydrogen) atoms. The average Bonchev–Trinajstić information content (AvgIpc) is 3.16. The molecule has 0 radical (unpaired) electrons. The zero-order chi connectivity index (χ0) is 19.9. The quantitative estimate of drug-likeness (QED) is 0.552. The summed E-state index contributed by atoms with van der Waals surface area (Å²) < 4.78 is 13.0. The van der Waals surface area contributed by atoms with Crippen LogP contribution >= 0.6 is 11.8 Å². The number of urea groups is 1. The number of hydrogen-bond acceptors (Lipinski definition) is 4. The monoisotopic (exact) mass is 398 g/mol. The maximum Gasteiger partial charge on any atom is 0.321 e. The number of H-pyrrole nitrogens is 1. The van der Waals surface area contributed by atoms with Gasteiger partial charge in [-0.25, -0.2) is 14.2 Å². The minimum Gasteiger partial charge on any atom is -0.334 e. The summed E-state index contributed by atoms with van der Waals surface area (Å²) in [5.41, 5.74) is 2.45. The van der Waals surface area contributed by atoms with Gasteiger partial charge in [-0.05, 0) is 42.3 Å². The van der Waals surface area contributed by atoms with Gasteiger partial charge in [0.05, 0.1) is 17.1 Å². The van der Waals surface area contributed by atoms with E-state index in [4.69, 9.17) is 0 Å². The molecule has 0 aliphatic rings. The van der Waals surface area contributed by atoms with Gasteiger partial charge >= 0.3 is 6.03 Å². The molecule has 3 aromatic rings. The lowest BCUT2D eigenvalue weighted by molar-refractivity contribution is -0.119. The van der Waals surface area contributed by atoms with Crippen LogP contribution in [0.5, 0.6) is 0 Å². The molecule has 144 valence electrons. The third kappa shape index (κ3) is 5.43. The van der Waals surface area contributed by atoms with Gasteiger partial charge in [-0.3, -0.25) is 10.1 Å². The standard InChI is InChI=1S/C20H19FN4O2S/c1-13(18(26)25-19(27)22-11-14-5-3-2-4-6-14)28-20-23-12-17(24-20)15-7-9-16(21)10-8-15/h2-10,12-13H,11H2,1H3,(H,23,24)(H2,22,25,26,27). The van der Waals surface area contributed by atoms with E-state index in [9.17, 15) is 14.0 Å². The first-order chi connectivity index (χ1) is 13.5. The van der Waals surface area contributed by atoms with Crippen molar-refractivity contribution in [2.24, 2.45) is 0 Å². The molecule has 0 aliphatic carbocycles. The first-order valence-electron chi connectivity index (χ1n) is 8.61. The summed E-state index contributed by atoms with van der Waals surface area (Å²) in [5, 5.41) is 4.97. The maximum absolute atomic E-state index is 13.0. The molecule has 6 nitrogen and oxygen atoms in total. The normalized spacial score (nSPS) is 11.6. The number of thioether (sulfide) groups is 1. The van der Waals surface area contributed by atoms with E-state index in [1.165, 1.54) is 23.9 Å². The van der Waals surface area contributed by atoms with Gasteiger partial charge in [0, 0.05) is 6.54 Å². The number of imide groups is 1. The van der Waals surface area contributed by atoms with Gasteiger partial charge in [0.25, 0.3) is 0 Å². The van der Waals surface area contributed by atoms with Crippen molar-refractivity contribution in [1.29, 1.82) is 0 Å². The largest absolute Gasteiger partial charge is 0.334 e. The highest BCUT2D eigenvalue weighted by Crippen LogP contribution is 2.24. The Morgan fingerprint density at radius 2 is 1.86 bits per heavy atom. The number of aromatic nitrogens is 2. The number of nitrogens with zero attached hydrogens (tertiary/aromatic N) is 1. The number of hydrogen-bond donors (Lipinski definition) is 3. The topological polar surface area (TPSA) is 86.9 Å². The van der Waals surface area contributed by atoms with E-state index in [0.29, 0.717) is 11.7 Å². The van der Waals surface area contributed by atoms with E-state index in [2.05, 4.69) is 20.6 Å². The minimum absolute atomic E-state index is 0.311. The molecule has 1 heterocycles. The lowest BCUT2D eigenvalue weighted by atomic mass is 10.2. The Labute approximate surface area is 166 Å². The highest BCUT2D eigenvalue weighted by molar-refractivity contribution is 8.00. The molecule has 3 amide bonds. The molecular weight excluding hydrogens is 379 g/mol. The van der Waals surface area contributed by atoms with Crippen molar-refractivity contribution < 1.29 is 14.0 Å². The van der Waals surface area contributed by atoms with E-state index < -0.39 is 17.2 Å². The number of imidazole rings is 1. The molecule has 0 spiro atoms. The minimum atomic E-state index is -0.548. The Kier molecular flexibility index (Phi) is 6.44. The van der Waals surface area contributed by atoms with Gasteiger partial charge in [-0.1, -0.05) is 42.1 Å². The van der Waals surface area contributed by atoms with Gasteiger partial charge in [-0.15, -0.1) is 0 Å². The number of carbonyl (C=O) groups is 2. The van der Waals surface area contributed by atoms with Gasteiger partial charge in [0.15, 0.2) is 5.16 Å². The highest BCUT2D eigenvalue weighted by atomic mass is 32.2. The molecule has 0 bridgehead atoms. The fraction of sp³-hybridized carbons (Fsp3) is 0.150. The Bertz CT molecular complexity index is 944. The number of halogens is 1. The summed E-state index contributed by atoms with van der Waals surface area (Å²) in [6.07, 6.45) is 1.62. The van der Waals surface area contributed by atoms with Crippen LogP contribution in [-0.2, 0) is 11.3 Å². The maximum atomic E-state index is 13.0. The molecule has 2 aromatic carbocycles. The van der Waals surface area contributed by atoms with Crippen molar-refractivity contribution in [1.82, 2.24) is 20.6 Å². The first-order valence-corrected chi connectivity index (χ1v) is 9.49. The second kappa shape index (κ2) is 9.18. The molecule has 1 atom stereocenters. The van der Waals surface area contributed by atoms with Gasteiger partial charge in [0.2, 0.25) is 5.91 Å². The molecule has 0 saturated heterocycles. The van der Waals surface area contributed by atoms with Crippen molar-refractivity contribution in [2.45, 2.75) is 23.9 Å². The number of nitrogens with one attached hydrogen (secondary N) is 3. The SMILES string of the molecule is CC(Sc1ncc(-c2ccc(F)cc2)[nH]1)C(=O)NC(=O)NCc1ccccc1. The first kappa shape index (κ1) is 19.6. The average molecular weight is 398 g/mol. The van der Waals surface area contributed by atoms with Crippen molar-refractivity contribution in [3.63, 3.8) is 0 Å². The Morgan fingerprint density at radius 1 is 1.14 bits per heavy atom. The van der Waals surface area contributed by atoms with E-state index in [-0.39, 0.29) is 5.82 Å². The van der Waals surface area contributed by atoms with Crippen molar-refractivity contribution >= 4 is 23.7 Å². The molecular formula is C20H19FN4O2S. The van der Waals surface area contributed by atoms with Crippen molar-refractivity contribution in [2.75, 3.05) is 0 Å². The van der Waals surface area contributed by atoms with Crippen molar-refractivity contribution in [3.8, 4) is 11.3 Å². The molecule has 0 aliphatic heterocycles. The van der Waals surface area contributed by atoms with Crippen LogP contribution in [0.1, 0.15) is 12.5 Å². The summed E-state index contributed by atoms with van der Waals surface area (Å²) in [6.45, 7) is 2.02. The Morgan fingerprint density at radius 3 is 2.57 bits per heavy atom. The Balaban J connectivity index is 1.50. The molecule has 1 unspecified atom stereocenters. The summed E-state index contributed by atoms with van der Waals surface area (Å²) in [4.78, 5) is 31.4. The molecule has 8 heteroatoms. The summed E-state index contributed by atoms with van der Waals surface area (Å²) >= 11 is 1.19. The van der Waals surface area contributed by atoms with E-state index in [1.54, 1.807) is 25.3 Å².